The van der Waals surface area contributed by atoms with E-state index in [1.54, 1.807) is 30.3 Å². The van der Waals surface area contributed by atoms with Gasteiger partial charge in [0, 0.05) is 18.7 Å². The lowest BCUT2D eigenvalue weighted by Crippen LogP contribution is -2.27. The third-order valence-corrected chi connectivity index (χ3v) is 7.74. The van der Waals surface area contributed by atoms with Gasteiger partial charge in [-0.2, -0.15) is 4.31 Å². The minimum atomic E-state index is -3.47. The molecule has 1 amide bonds. The smallest absolute Gasteiger partial charge is 0.257 e. The first-order valence-corrected chi connectivity index (χ1v) is 11.5. The van der Waals surface area contributed by atoms with Gasteiger partial charge >= 0.3 is 0 Å². The number of carbonyl (C=O) groups excluding carboxylic acids is 1. The molecule has 0 radical (unpaired) electrons. The second-order valence-corrected chi connectivity index (χ2v) is 9.73. The monoisotopic (exact) mass is 415 g/mol. The summed E-state index contributed by atoms with van der Waals surface area (Å²) in [7, 11) is -3.47. The molecule has 2 heterocycles. The highest BCUT2D eigenvalue weighted by Crippen LogP contribution is 2.30. The molecular formula is C20H21N3O3S2. The molecule has 3 aromatic rings. The molecule has 1 saturated heterocycles. The quantitative estimate of drug-likeness (QED) is 0.685. The van der Waals surface area contributed by atoms with Crippen LogP contribution in [0.15, 0.2) is 47.4 Å². The molecule has 28 heavy (non-hydrogen) atoms. The predicted molar refractivity (Wildman–Crippen MR) is 111 cm³/mol. The summed E-state index contributed by atoms with van der Waals surface area (Å²) in [5.74, 6) is -0.230. The van der Waals surface area contributed by atoms with E-state index in [2.05, 4.69) is 17.2 Å². The maximum Gasteiger partial charge on any atom is 0.257 e. The number of rotatable bonds is 5. The van der Waals surface area contributed by atoms with Gasteiger partial charge in [-0.25, -0.2) is 13.4 Å². The van der Waals surface area contributed by atoms with Gasteiger partial charge in [0.1, 0.15) is 0 Å². The van der Waals surface area contributed by atoms with Crippen LogP contribution in [0.5, 0.6) is 0 Å². The maximum atomic E-state index is 12.7. The zero-order valence-electron chi connectivity index (χ0n) is 15.5. The topological polar surface area (TPSA) is 79.4 Å². The largest absolute Gasteiger partial charge is 0.298 e. The zero-order chi connectivity index (χ0) is 19.7. The minimum Gasteiger partial charge on any atom is -0.298 e. The van der Waals surface area contributed by atoms with Crippen molar-refractivity contribution >= 4 is 42.6 Å². The lowest BCUT2D eigenvalue weighted by molar-refractivity contribution is 0.102. The third-order valence-electron chi connectivity index (χ3n) is 4.91. The fourth-order valence-electron chi connectivity index (χ4n) is 3.26. The van der Waals surface area contributed by atoms with Gasteiger partial charge < -0.3 is 0 Å². The lowest BCUT2D eigenvalue weighted by Gasteiger charge is -2.15. The van der Waals surface area contributed by atoms with Crippen molar-refractivity contribution in [1.29, 1.82) is 0 Å². The molecule has 0 aliphatic carbocycles. The number of aryl methyl sites for hydroxylation is 1. The van der Waals surface area contributed by atoms with E-state index in [4.69, 9.17) is 0 Å². The molecule has 146 valence electrons. The maximum absolute atomic E-state index is 12.7. The second kappa shape index (κ2) is 7.62. The van der Waals surface area contributed by atoms with E-state index in [0.29, 0.717) is 29.3 Å². The highest BCUT2D eigenvalue weighted by molar-refractivity contribution is 7.89. The number of hydrogen-bond acceptors (Lipinski definition) is 5. The summed E-state index contributed by atoms with van der Waals surface area (Å²) >= 11 is 1.27. The van der Waals surface area contributed by atoms with Crippen LogP contribution in [-0.2, 0) is 16.4 Å². The number of aromatic nitrogens is 1. The van der Waals surface area contributed by atoms with Crippen molar-refractivity contribution < 1.29 is 13.2 Å². The third kappa shape index (κ3) is 3.67. The van der Waals surface area contributed by atoms with Crippen LogP contribution >= 0.6 is 11.3 Å². The first kappa shape index (κ1) is 19.0. The molecule has 1 fully saturated rings. The van der Waals surface area contributed by atoms with Crippen molar-refractivity contribution in [3.05, 3.63) is 53.6 Å². The Kier molecular flexibility index (Phi) is 5.18. The van der Waals surface area contributed by atoms with Crippen molar-refractivity contribution in [2.75, 3.05) is 18.4 Å². The van der Waals surface area contributed by atoms with Crippen LogP contribution in [0.4, 0.5) is 5.13 Å². The van der Waals surface area contributed by atoms with Gasteiger partial charge in [-0.05, 0) is 55.2 Å². The lowest BCUT2D eigenvalue weighted by atomic mass is 10.1. The van der Waals surface area contributed by atoms with Gasteiger partial charge in [-0.1, -0.05) is 30.4 Å². The molecule has 1 N–H and O–H groups in total. The van der Waals surface area contributed by atoms with Gasteiger partial charge in [-0.3, -0.25) is 10.1 Å². The fraction of sp³-hybridized carbons (Fsp3) is 0.300. The molecule has 1 aromatic heterocycles. The Morgan fingerprint density at radius 3 is 2.54 bits per heavy atom. The number of anilines is 1. The molecule has 1 aliphatic rings. The van der Waals surface area contributed by atoms with Crippen LogP contribution in [0.3, 0.4) is 0 Å². The van der Waals surface area contributed by atoms with E-state index in [-0.39, 0.29) is 10.8 Å². The Hall–Kier alpha value is -2.29. The molecule has 0 saturated carbocycles. The molecule has 4 rings (SSSR count). The van der Waals surface area contributed by atoms with E-state index in [0.717, 1.165) is 24.0 Å². The van der Waals surface area contributed by atoms with Gasteiger partial charge in [-0.15, -0.1) is 0 Å². The summed E-state index contributed by atoms with van der Waals surface area (Å²) in [5, 5.41) is 3.26. The Labute approximate surface area is 168 Å². The van der Waals surface area contributed by atoms with E-state index in [1.165, 1.54) is 21.2 Å². The van der Waals surface area contributed by atoms with Crippen LogP contribution < -0.4 is 5.32 Å². The molecule has 1 aliphatic heterocycles. The van der Waals surface area contributed by atoms with E-state index in [1.807, 2.05) is 12.1 Å². The predicted octanol–water partition coefficient (Wildman–Crippen LogP) is 3.90. The summed E-state index contributed by atoms with van der Waals surface area (Å²) in [6.45, 7) is 3.21. The first-order valence-electron chi connectivity index (χ1n) is 9.28. The van der Waals surface area contributed by atoms with Crippen molar-refractivity contribution in [3.63, 3.8) is 0 Å². The summed E-state index contributed by atoms with van der Waals surface area (Å²) in [5.41, 5.74) is 2.40. The van der Waals surface area contributed by atoms with Gasteiger partial charge in [0.05, 0.1) is 15.1 Å². The van der Waals surface area contributed by atoms with E-state index in [9.17, 15) is 13.2 Å². The summed E-state index contributed by atoms with van der Waals surface area (Å²) in [6, 6.07) is 12.4. The highest BCUT2D eigenvalue weighted by atomic mass is 32.2. The summed E-state index contributed by atoms with van der Waals surface area (Å²) in [6.07, 6.45) is 2.72. The average molecular weight is 416 g/mol. The molecule has 0 bridgehead atoms. The Morgan fingerprint density at radius 1 is 1.14 bits per heavy atom. The molecule has 0 unspecified atom stereocenters. The van der Waals surface area contributed by atoms with Crippen molar-refractivity contribution in [2.45, 2.75) is 31.1 Å². The van der Waals surface area contributed by atoms with Crippen LogP contribution in [0.25, 0.3) is 10.2 Å². The number of sulfonamides is 1. The Balaban J connectivity index is 1.56. The first-order chi connectivity index (χ1) is 13.5. The average Bonchev–Trinajstić information content (AvgIpc) is 3.37. The van der Waals surface area contributed by atoms with Crippen LogP contribution in [0, 0.1) is 0 Å². The normalized spacial score (nSPS) is 15.2. The van der Waals surface area contributed by atoms with Crippen LogP contribution in [0.1, 0.15) is 35.7 Å². The summed E-state index contributed by atoms with van der Waals surface area (Å²) < 4.78 is 27.7. The molecule has 6 nitrogen and oxygen atoms in total. The van der Waals surface area contributed by atoms with Crippen LogP contribution in [0.2, 0.25) is 0 Å². The molecule has 0 spiro atoms. The van der Waals surface area contributed by atoms with Crippen molar-refractivity contribution in [3.8, 4) is 0 Å². The van der Waals surface area contributed by atoms with Gasteiger partial charge in [0.15, 0.2) is 5.13 Å². The number of benzene rings is 2. The Bertz CT molecular complexity index is 1120. The molecule has 2 aromatic carbocycles. The highest BCUT2D eigenvalue weighted by Gasteiger charge is 2.27. The number of hydrogen-bond donors (Lipinski definition) is 1. The number of nitrogens with one attached hydrogen (secondary N) is 1. The number of amides is 1. The number of thiazole rings is 1. The fourth-order valence-corrected chi connectivity index (χ4v) is 5.78. The van der Waals surface area contributed by atoms with Gasteiger partial charge in [0.2, 0.25) is 10.0 Å². The molecule has 8 heteroatoms. The van der Waals surface area contributed by atoms with Crippen molar-refractivity contribution in [2.24, 2.45) is 0 Å². The minimum absolute atomic E-state index is 0.230. The number of carbonyl (C=O) groups is 1. The van der Waals surface area contributed by atoms with Crippen molar-refractivity contribution in [1.82, 2.24) is 9.29 Å². The number of fused-ring (bicyclic) bond motifs is 1. The number of nitrogens with zero attached hydrogens (tertiary/aromatic N) is 2. The molecular weight excluding hydrogens is 394 g/mol. The SMILES string of the molecule is CCc1ccc(C(=O)Nc2nc3ccc(S(=O)(=O)N4CCCC4)cc3s2)cc1. The zero-order valence-corrected chi connectivity index (χ0v) is 17.1. The van der Waals surface area contributed by atoms with E-state index < -0.39 is 10.0 Å². The van der Waals surface area contributed by atoms with Crippen LogP contribution in [-0.4, -0.2) is 36.7 Å². The van der Waals surface area contributed by atoms with Gasteiger partial charge in [0.25, 0.3) is 5.91 Å². The van der Waals surface area contributed by atoms with E-state index >= 15 is 0 Å². The standard InChI is InChI=1S/C20H21N3O3S2/c1-2-14-5-7-15(8-6-14)19(24)22-20-21-17-10-9-16(13-18(17)27-20)28(25,26)23-11-3-4-12-23/h5-10,13H,2-4,11-12H2,1H3,(H,21,22,24). The molecule has 0 atom stereocenters. The second-order valence-electron chi connectivity index (χ2n) is 6.76. The Morgan fingerprint density at radius 2 is 1.86 bits per heavy atom. The summed E-state index contributed by atoms with van der Waals surface area (Å²) in [4.78, 5) is 17.1.